The molecule has 0 aromatic carbocycles. The van der Waals surface area contributed by atoms with Crippen molar-refractivity contribution in [3.05, 3.63) is 0 Å². The highest BCUT2D eigenvalue weighted by Gasteiger charge is 2.37. The molecule has 0 amide bonds. The lowest BCUT2D eigenvalue weighted by molar-refractivity contribution is 0.212. The van der Waals surface area contributed by atoms with Crippen LogP contribution in [0.15, 0.2) is 0 Å². The molecule has 1 aliphatic rings. The summed E-state index contributed by atoms with van der Waals surface area (Å²) in [4.78, 5) is 0. The van der Waals surface area contributed by atoms with Crippen LogP contribution in [0.1, 0.15) is 40.5 Å². The third kappa shape index (κ3) is 0.997. The Morgan fingerprint density at radius 1 is 1.00 bits per heavy atom. The zero-order valence-corrected chi connectivity index (χ0v) is 7.07. The van der Waals surface area contributed by atoms with Gasteiger partial charge in [0.15, 0.2) is 0 Å². The van der Waals surface area contributed by atoms with E-state index in [1.165, 1.54) is 12.8 Å². The first-order valence-corrected chi connectivity index (χ1v) is 4.05. The van der Waals surface area contributed by atoms with Gasteiger partial charge in [-0.25, -0.2) is 0 Å². The monoisotopic (exact) mass is 126 g/mol. The van der Waals surface area contributed by atoms with Gasteiger partial charge in [-0.3, -0.25) is 0 Å². The van der Waals surface area contributed by atoms with E-state index in [9.17, 15) is 0 Å². The Bertz CT molecular complexity index is 90.6. The molecule has 0 aliphatic heterocycles. The summed E-state index contributed by atoms with van der Waals surface area (Å²) in [6.45, 7) is 9.55. The predicted molar refractivity (Wildman–Crippen MR) is 41.3 cm³/mol. The van der Waals surface area contributed by atoms with Crippen molar-refractivity contribution in [2.24, 2.45) is 17.3 Å². The van der Waals surface area contributed by atoms with Gasteiger partial charge >= 0.3 is 0 Å². The molecular formula is C9H18. The predicted octanol–water partition coefficient (Wildman–Crippen LogP) is 3.08. The van der Waals surface area contributed by atoms with E-state index < -0.39 is 0 Å². The van der Waals surface area contributed by atoms with Gasteiger partial charge in [-0.1, -0.05) is 27.7 Å². The second kappa shape index (κ2) is 2.00. The Hall–Kier alpha value is 0. The van der Waals surface area contributed by atoms with Crippen LogP contribution in [0.4, 0.5) is 0 Å². The maximum Gasteiger partial charge on any atom is -0.0303 e. The molecule has 0 saturated heterocycles. The normalized spacial score (nSPS) is 41.3. The molecule has 0 aromatic heterocycles. The fraction of sp³-hybridized carbons (Fsp3) is 1.00. The molecule has 2 atom stereocenters. The Labute approximate surface area is 58.7 Å². The summed E-state index contributed by atoms with van der Waals surface area (Å²) in [6, 6.07) is 0. The van der Waals surface area contributed by atoms with Crippen LogP contribution in [0.5, 0.6) is 0 Å². The van der Waals surface area contributed by atoms with Gasteiger partial charge < -0.3 is 0 Å². The number of hydrogen-bond donors (Lipinski definition) is 0. The molecule has 9 heavy (non-hydrogen) atoms. The van der Waals surface area contributed by atoms with E-state index >= 15 is 0 Å². The summed E-state index contributed by atoms with van der Waals surface area (Å²) in [6.07, 6.45) is 2.88. The molecule has 1 fully saturated rings. The largest absolute Gasteiger partial charge is 0.0620 e. The Kier molecular flexibility index (Phi) is 1.58. The molecule has 1 rings (SSSR count). The van der Waals surface area contributed by atoms with Crippen LogP contribution in [0.2, 0.25) is 0 Å². The smallest absolute Gasteiger partial charge is 0.0303 e. The minimum Gasteiger partial charge on any atom is -0.0620 e. The topological polar surface area (TPSA) is 0 Å². The first kappa shape index (κ1) is 7.11. The average Bonchev–Trinajstić information content (AvgIpc) is 1.96. The van der Waals surface area contributed by atoms with E-state index in [0.717, 1.165) is 11.8 Å². The molecule has 0 spiro atoms. The van der Waals surface area contributed by atoms with Crippen LogP contribution in [0, 0.1) is 17.3 Å². The molecular weight excluding hydrogens is 108 g/mol. The Morgan fingerprint density at radius 3 is 1.44 bits per heavy atom. The lowest BCUT2D eigenvalue weighted by Crippen LogP contribution is -2.20. The van der Waals surface area contributed by atoms with Crippen molar-refractivity contribution in [1.29, 1.82) is 0 Å². The lowest BCUT2D eigenvalue weighted by Gasteiger charge is -2.28. The minimum absolute atomic E-state index is 0.611. The van der Waals surface area contributed by atoms with Crippen molar-refractivity contribution < 1.29 is 0 Å². The standard InChI is InChI=1S/C9H18/c1-7-5-6-8(2)9(7,3)4/h7-8H,5-6H2,1-4H3/t7-,8?/m1/s1. The highest BCUT2D eigenvalue weighted by molar-refractivity contribution is 4.86. The second-order valence-corrected chi connectivity index (χ2v) is 4.20. The van der Waals surface area contributed by atoms with Gasteiger partial charge in [-0.05, 0) is 30.1 Å². The molecule has 0 N–H and O–H groups in total. The van der Waals surface area contributed by atoms with Gasteiger partial charge in [0, 0.05) is 0 Å². The van der Waals surface area contributed by atoms with Crippen LogP contribution >= 0.6 is 0 Å². The van der Waals surface area contributed by atoms with Crippen molar-refractivity contribution in [3.63, 3.8) is 0 Å². The van der Waals surface area contributed by atoms with Crippen molar-refractivity contribution in [2.45, 2.75) is 40.5 Å². The van der Waals surface area contributed by atoms with Gasteiger partial charge in [0.2, 0.25) is 0 Å². The van der Waals surface area contributed by atoms with E-state index in [2.05, 4.69) is 27.7 Å². The maximum atomic E-state index is 2.40. The molecule has 0 heterocycles. The Morgan fingerprint density at radius 2 is 1.33 bits per heavy atom. The quantitative estimate of drug-likeness (QED) is 0.468. The molecule has 0 heteroatoms. The molecule has 1 saturated carbocycles. The highest BCUT2D eigenvalue weighted by atomic mass is 14.4. The molecule has 1 aliphatic carbocycles. The van der Waals surface area contributed by atoms with E-state index in [-0.39, 0.29) is 0 Å². The van der Waals surface area contributed by atoms with Crippen LogP contribution in [0.3, 0.4) is 0 Å². The van der Waals surface area contributed by atoms with Gasteiger partial charge in [0.05, 0.1) is 0 Å². The molecule has 0 aromatic rings. The Balaban J connectivity index is 2.66. The summed E-state index contributed by atoms with van der Waals surface area (Å²) in [5.41, 5.74) is 0.611. The zero-order chi connectivity index (χ0) is 7.07. The minimum atomic E-state index is 0.611. The molecule has 0 bridgehead atoms. The van der Waals surface area contributed by atoms with Crippen LogP contribution in [0.25, 0.3) is 0 Å². The fourth-order valence-corrected chi connectivity index (χ4v) is 1.73. The van der Waals surface area contributed by atoms with Crippen molar-refractivity contribution in [1.82, 2.24) is 0 Å². The van der Waals surface area contributed by atoms with E-state index in [0.29, 0.717) is 5.41 Å². The summed E-state index contributed by atoms with van der Waals surface area (Å²) in [5, 5.41) is 0. The zero-order valence-electron chi connectivity index (χ0n) is 7.07. The third-order valence-corrected chi connectivity index (χ3v) is 3.57. The molecule has 0 nitrogen and oxygen atoms in total. The van der Waals surface area contributed by atoms with Crippen LogP contribution < -0.4 is 0 Å². The molecule has 1 unspecified atom stereocenters. The summed E-state index contributed by atoms with van der Waals surface area (Å²) >= 11 is 0. The highest BCUT2D eigenvalue weighted by Crippen LogP contribution is 2.46. The van der Waals surface area contributed by atoms with Crippen molar-refractivity contribution >= 4 is 0 Å². The third-order valence-electron chi connectivity index (χ3n) is 3.57. The summed E-state index contributed by atoms with van der Waals surface area (Å²) < 4.78 is 0. The average molecular weight is 126 g/mol. The second-order valence-electron chi connectivity index (χ2n) is 4.20. The van der Waals surface area contributed by atoms with Gasteiger partial charge in [-0.15, -0.1) is 0 Å². The first-order valence-electron chi connectivity index (χ1n) is 4.05. The van der Waals surface area contributed by atoms with E-state index in [4.69, 9.17) is 0 Å². The molecule has 0 radical (unpaired) electrons. The van der Waals surface area contributed by atoms with E-state index in [1.807, 2.05) is 0 Å². The lowest BCUT2D eigenvalue weighted by atomic mass is 9.77. The summed E-state index contributed by atoms with van der Waals surface area (Å²) in [5.74, 6) is 1.87. The van der Waals surface area contributed by atoms with Crippen LogP contribution in [-0.2, 0) is 0 Å². The van der Waals surface area contributed by atoms with Crippen molar-refractivity contribution in [3.8, 4) is 0 Å². The van der Waals surface area contributed by atoms with Gasteiger partial charge in [0.25, 0.3) is 0 Å². The number of hydrogen-bond acceptors (Lipinski definition) is 0. The maximum absolute atomic E-state index is 2.40. The number of rotatable bonds is 0. The van der Waals surface area contributed by atoms with Gasteiger partial charge in [0.1, 0.15) is 0 Å². The SMILES string of the molecule is CC1CC[C@@H](C)C1(C)C. The fourth-order valence-electron chi connectivity index (χ4n) is 1.73. The van der Waals surface area contributed by atoms with Crippen LogP contribution in [-0.4, -0.2) is 0 Å². The van der Waals surface area contributed by atoms with Gasteiger partial charge in [-0.2, -0.15) is 0 Å². The molecule has 54 valence electrons. The van der Waals surface area contributed by atoms with Crippen molar-refractivity contribution in [2.75, 3.05) is 0 Å². The first-order chi connectivity index (χ1) is 4.05. The van der Waals surface area contributed by atoms with E-state index in [1.54, 1.807) is 0 Å². The summed E-state index contributed by atoms with van der Waals surface area (Å²) in [7, 11) is 0.